The van der Waals surface area contributed by atoms with Crippen LogP contribution >= 0.6 is 0 Å². The molecule has 0 saturated carbocycles. The van der Waals surface area contributed by atoms with Gasteiger partial charge in [-0.3, -0.25) is 19.2 Å². The van der Waals surface area contributed by atoms with Gasteiger partial charge in [-0.15, -0.1) is 0 Å². The number of unbranched alkanes of at least 4 members (excludes halogenated alkanes) is 1. The summed E-state index contributed by atoms with van der Waals surface area (Å²) in [5, 5.41) is 0. The molecule has 0 fully saturated rings. The molecule has 36 heavy (non-hydrogen) atoms. The van der Waals surface area contributed by atoms with Crippen LogP contribution in [0.15, 0.2) is 91.0 Å². The molecule has 0 unspecified atom stereocenters. The molecule has 0 bridgehead atoms. The molecule has 0 heterocycles. The highest BCUT2D eigenvalue weighted by molar-refractivity contribution is 6.29. The zero-order valence-corrected chi connectivity index (χ0v) is 19.9. The number of carbonyl (C=O) groups is 4. The summed E-state index contributed by atoms with van der Waals surface area (Å²) in [6.07, 6.45) is 2.95. The molecule has 2 aliphatic carbocycles. The first kappa shape index (κ1) is 23.3. The van der Waals surface area contributed by atoms with Crippen LogP contribution in [0.5, 0.6) is 0 Å². The summed E-state index contributed by atoms with van der Waals surface area (Å²) in [7, 11) is 0. The standard InChI is InChI=1S/C18H16O2.C14H8O2/c1-2-3-7-12-8-6-11-15-16(12)18(20)14-10-5-4-9-13(14)17(15)19;15-13-9-5-1-2-6-10(9)14(16)12-8-4-3-7-11(12)13/h4-6,8-11H,2-3,7H2,1H3;1-8H. The summed E-state index contributed by atoms with van der Waals surface area (Å²) < 4.78 is 0. The van der Waals surface area contributed by atoms with Crippen LogP contribution < -0.4 is 0 Å². The third-order valence-electron chi connectivity index (χ3n) is 6.67. The van der Waals surface area contributed by atoms with Gasteiger partial charge in [-0.25, -0.2) is 0 Å². The lowest BCUT2D eigenvalue weighted by Gasteiger charge is -2.20. The quantitative estimate of drug-likeness (QED) is 0.305. The van der Waals surface area contributed by atoms with Crippen molar-refractivity contribution in [3.63, 3.8) is 0 Å². The van der Waals surface area contributed by atoms with Gasteiger partial charge in [-0.2, -0.15) is 0 Å². The number of hydrogen-bond acceptors (Lipinski definition) is 4. The van der Waals surface area contributed by atoms with Gasteiger partial charge in [-0.05, 0) is 18.4 Å². The molecule has 0 aromatic heterocycles. The van der Waals surface area contributed by atoms with Gasteiger partial charge < -0.3 is 0 Å². The highest BCUT2D eigenvalue weighted by atomic mass is 16.1. The summed E-state index contributed by atoms with van der Waals surface area (Å²) in [5.74, 6) is -0.174. The SMILES string of the molecule is CCCCc1cccc2c1C(=O)c1ccccc1C2=O.O=C1c2ccccc2C(=O)c2ccccc21. The zero-order valence-electron chi connectivity index (χ0n) is 19.9. The van der Waals surface area contributed by atoms with Crippen molar-refractivity contribution < 1.29 is 19.2 Å². The maximum Gasteiger partial charge on any atom is 0.194 e. The molecule has 4 aromatic rings. The molecule has 0 spiro atoms. The van der Waals surface area contributed by atoms with Gasteiger partial charge in [0.05, 0.1) is 0 Å². The van der Waals surface area contributed by atoms with Gasteiger partial charge >= 0.3 is 0 Å². The van der Waals surface area contributed by atoms with E-state index in [2.05, 4.69) is 6.92 Å². The molecule has 0 aliphatic heterocycles. The van der Waals surface area contributed by atoms with E-state index in [1.807, 2.05) is 18.2 Å². The molecular weight excluding hydrogens is 448 g/mol. The number of aryl methyl sites for hydroxylation is 1. The van der Waals surface area contributed by atoms with Crippen molar-refractivity contribution in [2.45, 2.75) is 26.2 Å². The average Bonchev–Trinajstić information content (AvgIpc) is 2.93. The topological polar surface area (TPSA) is 68.3 Å². The third-order valence-corrected chi connectivity index (χ3v) is 6.67. The molecule has 2 aliphatic rings. The van der Waals surface area contributed by atoms with E-state index in [4.69, 9.17) is 0 Å². The van der Waals surface area contributed by atoms with Crippen molar-refractivity contribution in [2.24, 2.45) is 0 Å². The molecular formula is C32H24O4. The first-order valence-electron chi connectivity index (χ1n) is 12.1. The Hall–Kier alpha value is -4.44. The van der Waals surface area contributed by atoms with E-state index in [9.17, 15) is 19.2 Å². The largest absolute Gasteiger partial charge is 0.289 e. The van der Waals surface area contributed by atoms with Crippen LogP contribution in [0.4, 0.5) is 0 Å². The summed E-state index contributed by atoms with van der Waals surface area (Å²) in [4.78, 5) is 49.4. The summed E-state index contributed by atoms with van der Waals surface area (Å²) in [6, 6.07) is 26.6. The Labute approximate surface area is 209 Å². The van der Waals surface area contributed by atoms with Gasteiger partial charge in [0.2, 0.25) is 0 Å². The molecule has 4 nitrogen and oxygen atoms in total. The van der Waals surface area contributed by atoms with E-state index >= 15 is 0 Å². The number of hydrogen-bond donors (Lipinski definition) is 0. The molecule has 0 saturated heterocycles. The monoisotopic (exact) mass is 472 g/mol. The Morgan fingerprint density at radius 3 is 1.22 bits per heavy atom. The highest BCUT2D eigenvalue weighted by Crippen LogP contribution is 2.30. The Morgan fingerprint density at radius 1 is 0.444 bits per heavy atom. The highest BCUT2D eigenvalue weighted by Gasteiger charge is 2.31. The Morgan fingerprint density at radius 2 is 0.806 bits per heavy atom. The number of ketones is 4. The van der Waals surface area contributed by atoms with Crippen LogP contribution in [-0.2, 0) is 6.42 Å². The van der Waals surface area contributed by atoms with Crippen LogP contribution in [0.2, 0.25) is 0 Å². The second-order valence-electron chi connectivity index (χ2n) is 8.90. The van der Waals surface area contributed by atoms with Crippen LogP contribution in [0.3, 0.4) is 0 Å². The maximum atomic E-state index is 12.7. The van der Waals surface area contributed by atoms with Crippen molar-refractivity contribution >= 4 is 23.1 Å². The van der Waals surface area contributed by atoms with Gasteiger partial charge in [0, 0.05) is 44.5 Å². The summed E-state index contributed by atoms with van der Waals surface area (Å²) in [5.41, 5.74) is 5.26. The number of rotatable bonds is 3. The van der Waals surface area contributed by atoms with Crippen LogP contribution in [0, 0.1) is 0 Å². The zero-order chi connectivity index (χ0) is 25.2. The fourth-order valence-corrected chi connectivity index (χ4v) is 4.84. The average molecular weight is 473 g/mol. The van der Waals surface area contributed by atoms with E-state index in [1.165, 1.54) is 0 Å². The van der Waals surface area contributed by atoms with E-state index in [1.54, 1.807) is 72.8 Å². The third kappa shape index (κ3) is 3.91. The Balaban J connectivity index is 0.000000152. The van der Waals surface area contributed by atoms with Gasteiger partial charge in [0.15, 0.2) is 23.1 Å². The van der Waals surface area contributed by atoms with Crippen molar-refractivity contribution in [3.05, 3.63) is 141 Å². The van der Waals surface area contributed by atoms with Crippen LogP contribution in [0.25, 0.3) is 0 Å². The Kier molecular flexibility index (Phi) is 6.26. The molecule has 6 rings (SSSR count). The minimum atomic E-state index is -0.0641. The van der Waals surface area contributed by atoms with E-state index in [0.717, 1.165) is 24.8 Å². The normalized spacial score (nSPS) is 13.1. The number of fused-ring (bicyclic) bond motifs is 4. The molecule has 0 radical (unpaired) electrons. The van der Waals surface area contributed by atoms with Crippen molar-refractivity contribution in [1.82, 2.24) is 0 Å². The van der Waals surface area contributed by atoms with E-state index in [-0.39, 0.29) is 23.1 Å². The predicted molar refractivity (Wildman–Crippen MR) is 138 cm³/mol. The fraction of sp³-hybridized carbons (Fsp3) is 0.125. The second-order valence-corrected chi connectivity index (χ2v) is 8.90. The molecule has 4 heteroatoms. The number of benzene rings is 4. The summed E-state index contributed by atoms with van der Waals surface area (Å²) in [6.45, 7) is 2.12. The van der Waals surface area contributed by atoms with Crippen molar-refractivity contribution in [1.29, 1.82) is 0 Å². The molecule has 0 atom stereocenters. The van der Waals surface area contributed by atoms with Gasteiger partial charge in [0.25, 0.3) is 0 Å². The minimum absolute atomic E-state index is 0.0121. The van der Waals surface area contributed by atoms with E-state index in [0.29, 0.717) is 44.5 Å². The first-order chi connectivity index (χ1) is 17.5. The lowest BCUT2D eigenvalue weighted by atomic mass is 9.81. The second kappa shape index (κ2) is 9.67. The lowest BCUT2D eigenvalue weighted by Crippen LogP contribution is -2.22. The van der Waals surface area contributed by atoms with Gasteiger partial charge in [0.1, 0.15) is 0 Å². The minimum Gasteiger partial charge on any atom is -0.289 e. The smallest absolute Gasteiger partial charge is 0.194 e. The maximum absolute atomic E-state index is 12.7. The first-order valence-corrected chi connectivity index (χ1v) is 12.1. The van der Waals surface area contributed by atoms with Crippen LogP contribution in [-0.4, -0.2) is 23.1 Å². The molecule has 176 valence electrons. The van der Waals surface area contributed by atoms with Gasteiger partial charge in [-0.1, -0.05) is 104 Å². The fourth-order valence-electron chi connectivity index (χ4n) is 4.84. The van der Waals surface area contributed by atoms with Crippen molar-refractivity contribution in [3.8, 4) is 0 Å². The molecule has 0 N–H and O–H groups in total. The molecule has 0 amide bonds. The summed E-state index contributed by atoms with van der Waals surface area (Å²) >= 11 is 0. The number of carbonyl (C=O) groups excluding carboxylic acids is 4. The Bertz CT molecular complexity index is 1440. The van der Waals surface area contributed by atoms with Crippen LogP contribution in [0.1, 0.15) is 89.0 Å². The predicted octanol–water partition coefficient (Wildman–Crippen LogP) is 6.27. The van der Waals surface area contributed by atoms with Crippen molar-refractivity contribution in [2.75, 3.05) is 0 Å². The van der Waals surface area contributed by atoms with E-state index < -0.39 is 0 Å². The molecule has 4 aromatic carbocycles. The lowest BCUT2D eigenvalue weighted by molar-refractivity contribution is 0.0978.